The number of benzene rings is 3. The van der Waals surface area contributed by atoms with Gasteiger partial charge in [0.2, 0.25) is 0 Å². The second-order valence-corrected chi connectivity index (χ2v) is 10.4. The van der Waals surface area contributed by atoms with E-state index < -0.39 is 0 Å². The minimum Gasteiger partial charge on any atom is -0.493 e. The number of ether oxygens (including phenoxy) is 3. The van der Waals surface area contributed by atoms with Crippen LogP contribution in [0.3, 0.4) is 0 Å². The first-order valence-corrected chi connectivity index (χ1v) is 13.6. The Morgan fingerprint density at radius 1 is 0.973 bits per heavy atom. The molecular formula is C30H31NO4S2. The molecule has 37 heavy (non-hydrogen) atoms. The Morgan fingerprint density at radius 3 is 2.41 bits per heavy atom. The van der Waals surface area contributed by atoms with E-state index in [4.69, 9.17) is 26.4 Å². The number of carbonyl (C=O) groups excluding carboxylic acids is 1. The number of para-hydroxylation sites is 1. The van der Waals surface area contributed by atoms with Crippen molar-refractivity contribution in [3.8, 4) is 17.2 Å². The summed E-state index contributed by atoms with van der Waals surface area (Å²) in [5.41, 5.74) is 2.93. The Balaban J connectivity index is 1.31. The summed E-state index contributed by atoms with van der Waals surface area (Å²) in [4.78, 5) is 15.1. The van der Waals surface area contributed by atoms with E-state index >= 15 is 0 Å². The van der Waals surface area contributed by atoms with E-state index in [2.05, 4.69) is 26.0 Å². The summed E-state index contributed by atoms with van der Waals surface area (Å²) in [6, 6.07) is 23.4. The molecular weight excluding hydrogens is 502 g/mol. The largest absolute Gasteiger partial charge is 0.493 e. The van der Waals surface area contributed by atoms with E-state index in [1.54, 1.807) is 12.0 Å². The van der Waals surface area contributed by atoms with Crippen molar-refractivity contribution in [1.29, 1.82) is 0 Å². The number of nitrogens with zero attached hydrogens (tertiary/aromatic N) is 1. The highest BCUT2D eigenvalue weighted by atomic mass is 32.2. The summed E-state index contributed by atoms with van der Waals surface area (Å²) in [6.45, 7) is 5.48. The molecule has 7 heteroatoms. The fraction of sp³-hybridized carbons (Fsp3) is 0.267. The van der Waals surface area contributed by atoms with Gasteiger partial charge in [-0.15, -0.1) is 0 Å². The number of hydrogen-bond donors (Lipinski definition) is 0. The number of thiocarbonyl (C=S) groups is 1. The minimum atomic E-state index is -0.130. The number of anilines is 1. The average molecular weight is 534 g/mol. The molecule has 4 rings (SSSR count). The molecule has 0 aliphatic carbocycles. The van der Waals surface area contributed by atoms with Crippen molar-refractivity contribution in [2.75, 3.05) is 25.2 Å². The number of rotatable bonds is 11. The van der Waals surface area contributed by atoms with Crippen molar-refractivity contribution in [3.63, 3.8) is 0 Å². The van der Waals surface area contributed by atoms with Gasteiger partial charge in [-0.2, -0.15) is 0 Å². The van der Waals surface area contributed by atoms with Crippen molar-refractivity contribution < 1.29 is 19.0 Å². The van der Waals surface area contributed by atoms with Gasteiger partial charge in [0, 0.05) is 6.42 Å². The maximum absolute atomic E-state index is 13.0. The van der Waals surface area contributed by atoms with Crippen molar-refractivity contribution in [1.82, 2.24) is 0 Å². The Hall–Kier alpha value is -3.29. The normalized spacial score (nSPS) is 15.2. The lowest BCUT2D eigenvalue weighted by Crippen LogP contribution is -2.27. The Labute approximate surface area is 228 Å². The zero-order valence-corrected chi connectivity index (χ0v) is 22.9. The zero-order valence-electron chi connectivity index (χ0n) is 21.3. The van der Waals surface area contributed by atoms with Crippen LogP contribution in [-0.2, 0) is 4.79 Å². The molecule has 0 aromatic heterocycles. The average Bonchev–Trinajstić information content (AvgIpc) is 3.21. The van der Waals surface area contributed by atoms with Gasteiger partial charge in [0.05, 0.1) is 30.9 Å². The predicted octanol–water partition coefficient (Wildman–Crippen LogP) is 7.46. The number of thioether (sulfide) groups is 1. The van der Waals surface area contributed by atoms with Crippen LogP contribution in [-0.4, -0.2) is 30.6 Å². The lowest BCUT2D eigenvalue weighted by Gasteiger charge is -2.14. The molecule has 192 valence electrons. The van der Waals surface area contributed by atoms with Crippen molar-refractivity contribution in [2.24, 2.45) is 0 Å². The second-order valence-electron chi connectivity index (χ2n) is 8.69. The molecule has 1 amide bonds. The Kier molecular flexibility index (Phi) is 9.25. The van der Waals surface area contributed by atoms with Crippen LogP contribution in [0.2, 0.25) is 0 Å². The first-order valence-electron chi connectivity index (χ1n) is 12.4. The fourth-order valence-electron chi connectivity index (χ4n) is 3.87. The third-order valence-electron chi connectivity index (χ3n) is 6.17. The number of methoxy groups -OCH3 is 1. The fourth-order valence-corrected chi connectivity index (χ4v) is 5.17. The minimum absolute atomic E-state index is 0.130. The van der Waals surface area contributed by atoms with E-state index in [0.29, 0.717) is 39.9 Å². The van der Waals surface area contributed by atoms with Crippen LogP contribution in [0.1, 0.15) is 43.7 Å². The van der Waals surface area contributed by atoms with Gasteiger partial charge in [-0.1, -0.05) is 74.2 Å². The summed E-state index contributed by atoms with van der Waals surface area (Å²) in [6.07, 6.45) is 3.69. The van der Waals surface area contributed by atoms with Gasteiger partial charge in [-0.25, -0.2) is 0 Å². The standard InChI is InChI=1S/C30H31NO4S2/c1-4-21(2)23-12-14-25(15-13-23)34-17-8-18-35-26-16-11-22(19-27(26)33-3)20-28-29(32)31(30(36)37-28)24-9-6-5-7-10-24/h5-7,9-16,19-21H,4,8,17-18H2,1-3H3/b28-20+/t21-/m1/s1. The second kappa shape index (κ2) is 12.8. The summed E-state index contributed by atoms with van der Waals surface area (Å²) in [5.74, 6) is 2.55. The summed E-state index contributed by atoms with van der Waals surface area (Å²) < 4.78 is 17.9. The molecule has 1 fully saturated rings. The third kappa shape index (κ3) is 6.73. The van der Waals surface area contributed by atoms with Gasteiger partial charge < -0.3 is 14.2 Å². The molecule has 1 heterocycles. The topological polar surface area (TPSA) is 48.0 Å². The van der Waals surface area contributed by atoms with E-state index in [9.17, 15) is 4.79 Å². The highest BCUT2D eigenvalue weighted by Gasteiger charge is 2.33. The van der Waals surface area contributed by atoms with E-state index in [1.165, 1.54) is 17.3 Å². The maximum atomic E-state index is 13.0. The van der Waals surface area contributed by atoms with Gasteiger partial charge in [0.25, 0.3) is 5.91 Å². The molecule has 0 spiro atoms. The predicted molar refractivity (Wildman–Crippen MR) is 156 cm³/mol. The maximum Gasteiger partial charge on any atom is 0.270 e. The van der Waals surface area contributed by atoms with E-state index in [-0.39, 0.29) is 5.91 Å². The zero-order chi connectivity index (χ0) is 26.2. The number of amides is 1. The molecule has 0 bridgehead atoms. The highest BCUT2D eigenvalue weighted by Crippen LogP contribution is 2.37. The van der Waals surface area contributed by atoms with Gasteiger partial charge in [0.15, 0.2) is 15.8 Å². The van der Waals surface area contributed by atoms with Gasteiger partial charge in [-0.05, 0) is 65.9 Å². The van der Waals surface area contributed by atoms with Crippen LogP contribution < -0.4 is 19.1 Å². The molecule has 0 radical (unpaired) electrons. The lowest BCUT2D eigenvalue weighted by atomic mass is 9.99. The molecule has 0 N–H and O–H groups in total. The summed E-state index contributed by atoms with van der Waals surface area (Å²) in [7, 11) is 1.60. The van der Waals surface area contributed by atoms with Crippen LogP contribution in [0.4, 0.5) is 5.69 Å². The first kappa shape index (κ1) is 26.8. The molecule has 1 aliphatic heterocycles. The van der Waals surface area contributed by atoms with Gasteiger partial charge in [-0.3, -0.25) is 9.69 Å². The first-order chi connectivity index (χ1) is 18.0. The lowest BCUT2D eigenvalue weighted by molar-refractivity contribution is -0.113. The van der Waals surface area contributed by atoms with E-state index in [1.807, 2.05) is 66.7 Å². The number of carbonyl (C=O) groups is 1. The monoisotopic (exact) mass is 533 g/mol. The smallest absolute Gasteiger partial charge is 0.270 e. The molecule has 1 atom stereocenters. The van der Waals surface area contributed by atoms with E-state index in [0.717, 1.165) is 29.8 Å². The number of hydrogen-bond acceptors (Lipinski definition) is 6. The molecule has 3 aromatic rings. The Bertz CT molecular complexity index is 1260. The van der Waals surface area contributed by atoms with Crippen LogP contribution in [0.5, 0.6) is 17.2 Å². The molecule has 5 nitrogen and oxygen atoms in total. The highest BCUT2D eigenvalue weighted by molar-refractivity contribution is 8.27. The van der Waals surface area contributed by atoms with Crippen molar-refractivity contribution in [2.45, 2.75) is 32.6 Å². The van der Waals surface area contributed by atoms with Crippen LogP contribution >= 0.6 is 24.0 Å². The Morgan fingerprint density at radius 2 is 1.70 bits per heavy atom. The summed E-state index contributed by atoms with van der Waals surface area (Å²) in [5, 5.41) is 0. The van der Waals surface area contributed by atoms with Crippen LogP contribution in [0.25, 0.3) is 6.08 Å². The SMILES string of the molecule is CC[C@@H](C)c1ccc(OCCCOc2ccc(/C=C3/SC(=S)N(c4ccccc4)C3=O)cc2OC)cc1. The third-order valence-corrected chi connectivity index (χ3v) is 7.47. The molecule has 0 unspecified atom stereocenters. The van der Waals surface area contributed by atoms with Crippen molar-refractivity contribution >= 4 is 46.0 Å². The molecule has 0 saturated carbocycles. The van der Waals surface area contributed by atoms with Gasteiger partial charge >= 0.3 is 0 Å². The molecule has 1 saturated heterocycles. The quantitative estimate of drug-likeness (QED) is 0.145. The van der Waals surface area contributed by atoms with Gasteiger partial charge in [0.1, 0.15) is 5.75 Å². The van der Waals surface area contributed by atoms with Crippen molar-refractivity contribution in [3.05, 3.63) is 88.8 Å². The molecule has 3 aromatic carbocycles. The molecule has 1 aliphatic rings. The summed E-state index contributed by atoms with van der Waals surface area (Å²) >= 11 is 6.75. The van der Waals surface area contributed by atoms with Crippen LogP contribution in [0, 0.1) is 0 Å². The van der Waals surface area contributed by atoms with Crippen LogP contribution in [0.15, 0.2) is 77.7 Å².